The van der Waals surface area contributed by atoms with Gasteiger partial charge in [0.1, 0.15) is 17.5 Å². The van der Waals surface area contributed by atoms with E-state index in [9.17, 15) is 13.6 Å². The number of aryl methyl sites for hydroxylation is 1. The minimum atomic E-state index is -0.634. The van der Waals surface area contributed by atoms with Crippen molar-refractivity contribution in [1.82, 2.24) is 9.97 Å². The smallest absolute Gasteiger partial charge is 0.255 e. The molecule has 0 amide bonds. The Morgan fingerprint density at radius 3 is 2.57 bits per heavy atom. The molecule has 1 saturated heterocycles. The fraction of sp³-hybridized carbons (Fsp3) is 0.407. The minimum absolute atomic E-state index is 0.0613. The average molecular weight is 481 g/mol. The summed E-state index contributed by atoms with van der Waals surface area (Å²) in [5, 5.41) is 0. The van der Waals surface area contributed by atoms with Gasteiger partial charge in [-0.3, -0.25) is 9.78 Å². The summed E-state index contributed by atoms with van der Waals surface area (Å²) >= 11 is 0. The number of piperidine rings is 1. The van der Waals surface area contributed by atoms with Crippen LogP contribution in [-0.2, 0) is 24.8 Å². The second-order valence-corrected chi connectivity index (χ2v) is 10.0. The van der Waals surface area contributed by atoms with Gasteiger partial charge in [-0.15, -0.1) is 0 Å². The molecule has 1 spiro atoms. The number of halogens is 3. The van der Waals surface area contributed by atoms with Crippen LogP contribution < -0.4 is 15.4 Å². The number of hydrogen-bond donors (Lipinski definition) is 1. The molecular formula is C27H27F3N4O. The molecule has 0 unspecified atom stereocenters. The Labute approximate surface area is 201 Å². The largest absolute Gasteiger partial charge is 0.366 e. The first-order valence-corrected chi connectivity index (χ1v) is 12.3. The summed E-state index contributed by atoms with van der Waals surface area (Å²) < 4.78 is 43.8. The van der Waals surface area contributed by atoms with Crippen molar-refractivity contribution in [3.63, 3.8) is 0 Å². The van der Waals surface area contributed by atoms with Crippen LogP contribution in [0.2, 0.25) is 0 Å². The first-order chi connectivity index (χ1) is 16.9. The summed E-state index contributed by atoms with van der Waals surface area (Å²) in [7, 11) is 0. The SMILES string of the molecule is O=c1[nH]c(N2CCC3(CC2)CN(Cc2ccccc2F)c2cc(F)cc(F)c23)nc2c1CCCC2. The second-order valence-electron chi connectivity index (χ2n) is 10.0. The van der Waals surface area contributed by atoms with Gasteiger partial charge in [-0.05, 0) is 50.7 Å². The van der Waals surface area contributed by atoms with E-state index in [4.69, 9.17) is 4.98 Å². The molecule has 0 bridgehead atoms. The van der Waals surface area contributed by atoms with Gasteiger partial charge in [-0.25, -0.2) is 18.2 Å². The van der Waals surface area contributed by atoms with Crippen LogP contribution in [-0.4, -0.2) is 29.6 Å². The zero-order valence-corrected chi connectivity index (χ0v) is 19.4. The Kier molecular flexibility index (Phi) is 5.34. The number of nitrogens with zero attached hydrogens (tertiary/aromatic N) is 3. The molecule has 35 heavy (non-hydrogen) atoms. The monoisotopic (exact) mass is 480 g/mol. The van der Waals surface area contributed by atoms with Gasteiger partial charge in [-0.1, -0.05) is 18.2 Å². The molecule has 1 aromatic heterocycles. The third-order valence-corrected chi connectivity index (χ3v) is 7.92. The number of H-pyrrole nitrogens is 1. The van der Waals surface area contributed by atoms with Crippen LogP contribution >= 0.6 is 0 Å². The third-order valence-electron chi connectivity index (χ3n) is 7.92. The number of anilines is 2. The second kappa shape index (κ2) is 8.43. The first kappa shape index (κ1) is 22.2. The highest BCUT2D eigenvalue weighted by atomic mass is 19.1. The van der Waals surface area contributed by atoms with Crippen LogP contribution in [0.3, 0.4) is 0 Å². The molecule has 182 valence electrons. The molecule has 6 rings (SSSR count). The Morgan fingerprint density at radius 1 is 1.00 bits per heavy atom. The van der Waals surface area contributed by atoms with Crippen molar-refractivity contribution in [3.8, 4) is 0 Å². The molecular weight excluding hydrogens is 453 g/mol. The highest BCUT2D eigenvalue weighted by molar-refractivity contribution is 5.64. The fourth-order valence-electron chi connectivity index (χ4n) is 6.13. The molecule has 1 aliphatic carbocycles. The summed E-state index contributed by atoms with van der Waals surface area (Å²) in [5.74, 6) is -0.939. The maximum Gasteiger partial charge on any atom is 0.255 e. The maximum atomic E-state index is 15.2. The zero-order valence-electron chi connectivity index (χ0n) is 19.4. The number of benzene rings is 2. The lowest BCUT2D eigenvalue weighted by molar-refractivity contribution is 0.337. The number of rotatable bonds is 3. The van der Waals surface area contributed by atoms with Crippen LogP contribution in [0.25, 0.3) is 0 Å². The first-order valence-electron chi connectivity index (χ1n) is 12.3. The zero-order chi connectivity index (χ0) is 24.2. The lowest BCUT2D eigenvalue weighted by atomic mass is 9.74. The van der Waals surface area contributed by atoms with Gasteiger partial charge in [0, 0.05) is 60.0 Å². The Morgan fingerprint density at radius 2 is 1.77 bits per heavy atom. The lowest BCUT2D eigenvalue weighted by Crippen LogP contribution is -2.46. The summed E-state index contributed by atoms with van der Waals surface area (Å²) in [4.78, 5) is 24.3. The van der Waals surface area contributed by atoms with Gasteiger partial charge in [0.2, 0.25) is 5.95 Å². The van der Waals surface area contributed by atoms with Crippen molar-refractivity contribution in [1.29, 1.82) is 0 Å². The molecule has 3 aliphatic rings. The molecule has 5 nitrogen and oxygen atoms in total. The predicted octanol–water partition coefficient (Wildman–Crippen LogP) is 4.62. The Balaban J connectivity index is 1.29. The van der Waals surface area contributed by atoms with Crippen LogP contribution in [0.1, 0.15) is 48.1 Å². The van der Waals surface area contributed by atoms with Crippen molar-refractivity contribution >= 4 is 11.6 Å². The standard InChI is InChI=1S/C27H27F3N4O/c28-18-13-21(30)24-23(14-18)34(15-17-5-1-3-7-20(17)29)16-27(24)9-11-33(12-10-27)26-31-22-8-4-2-6-19(22)25(35)32-26/h1,3,5,7,13-14H,2,4,6,8-12,15-16H2,(H,31,32,35). The van der Waals surface area contributed by atoms with E-state index >= 15 is 4.39 Å². The van der Waals surface area contributed by atoms with Crippen molar-refractivity contribution in [3.05, 3.63) is 86.6 Å². The molecule has 0 radical (unpaired) electrons. The van der Waals surface area contributed by atoms with Crippen LogP contribution in [0.5, 0.6) is 0 Å². The number of fused-ring (bicyclic) bond motifs is 3. The molecule has 3 heterocycles. The number of hydrogen-bond acceptors (Lipinski definition) is 4. The number of aromatic nitrogens is 2. The molecule has 1 N–H and O–H groups in total. The van der Waals surface area contributed by atoms with Gasteiger partial charge >= 0.3 is 0 Å². The predicted molar refractivity (Wildman–Crippen MR) is 128 cm³/mol. The molecule has 3 aromatic rings. The van der Waals surface area contributed by atoms with Crippen molar-refractivity contribution in [2.75, 3.05) is 29.4 Å². The van der Waals surface area contributed by atoms with E-state index in [1.807, 2.05) is 4.90 Å². The lowest BCUT2D eigenvalue weighted by Gasteiger charge is -2.40. The van der Waals surface area contributed by atoms with Crippen molar-refractivity contribution in [2.45, 2.75) is 50.5 Å². The summed E-state index contributed by atoms with van der Waals surface area (Å²) in [6.45, 7) is 1.91. The summed E-state index contributed by atoms with van der Waals surface area (Å²) in [6.07, 6.45) is 4.88. The van der Waals surface area contributed by atoms with Gasteiger partial charge < -0.3 is 9.80 Å². The van der Waals surface area contributed by atoms with Gasteiger partial charge in [0.15, 0.2) is 0 Å². The van der Waals surface area contributed by atoms with E-state index in [1.165, 1.54) is 12.1 Å². The van der Waals surface area contributed by atoms with E-state index in [-0.39, 0.29) is 17.9 Å². The highest BCUT2D eigenvalue weighted by Gasteiger charge is 2.47. The molecule has 0 saturated carbocycles. The highest BCUT2D eigenvalue weighted by Crippen LogP contribution is 2.49. The van der Waals surface area contributed by atoms with Gasteiger partial charge in [0.25, 0.3) is 5.56 Å². The quantitative estimate of drug-likeness (QED) is 0.594. The number of aromatic amines is 1. The van der Waals surface area contributed by atoms with E-state index in [0.29, 0.717) is 55.2 Å². The topological polar surface area (TPSA) is 52.2 Å². The molecule has 8 heteroatoms. The van der Waals surface area contributed by atoms with E-state index in [2.05, 4.69) is 9.88 Å². The van der Waals surface area contributed by atoms with Crippen LogP contribution in [0.4, 0.5) is 24.8 Å². The minimum Gasteiger partial charge on any atom is -0.366 e. The summed E-state index contributed by atoms with van der Waals surface area (Å²) in [5.41, 5.74) is 2.62. The summed E-state index contributed by atoms with van der Waals surface area (Å²) in [6, 6.07) is 8.81. The van der Waals surface area contributed by atoms with E-state index in [0.717, 1.165) is 43.0 Å². The normalized spacial score (nSPS) is 18.6. The molecule has 0 atom stereocenters. The Hall–Kier alpha value is -3.29. The molecule has 2 aliphatic heterocycles. The van der Waals surface area contributed by atoms with Crippen LogP contribution in [0, 0.1) is 17.5 Å². The van der Waals surface area contributed by atoms with Gasteiger partial charge in [0.05, 0.1) is 5.69 Å². The fourth-order valence-corrected chi connectivity index (χ4v) is 6.13. The maximum absolute atomic E-state index is 15.2. The van der Waals surface area contributed by atoms with Crippen molar-refractivity contribution < 1.29 is 13.2 Å². The molecule has 1 fully saturated rings. The number of nitrogens with one attached hydrogen (secondary N) is 1. The Bertz CT molecular complexity index is 1350. The third kappa shape index (κ3) is 3.79. The van der Waals surface area contributed by atoms with E-state index < -0.39 is 17.0 Å². The van der Waals surface area contributed by atoms with Crippen LogP contribution in [0.15, 0.2) is 41.2 Å². The van der Waals surface area contributed by atoms with Crippen molar-refractivity contribution in [2.24, 2.45) is 0 Å². The average Bonchev–Trinajstić information content (AvgIpc) is 3.13. The van der Waals surface area contributed by atoms with Gasteiger partial charge in [-0.2, -0.15) is 0 Å². The van der Waals surface area contributed by atoms with E-state index in [1.54, 1.807) is 18.2 Å². The molecule has 2 aromatic carbocycles.